The Balaban J connectivity index is 2.55. The molecule has 0 bridgehead atoms. The van der Waals surface area contributed by atoms with Crippen LogP contribution in [0.4, 0.5) is 0 Å². The lowest BCUT2D eigenvalue weighted by Gasteiger charge is -2.14. The van der Waals surface area contributed by atoms with E-state index in [1.165, 1.54) is 0 Å². The fraction of sp³-hybridized carbons (Fsp3) is 1.00. The van der Waals surface area contributed by atoms with E-state index in [9.17, 15) is 5.11 Å². The van der Waals surface area contributed by atoms with Crippen LogP contribution in [0.2, 0.25) is 0 Å². The van der Waals surface area contributed by atoms with Crippen LogP contribution in [0.25, 0.3) is 0 Å². The first-order chi connectivity index (χ1) is 5.20. The second-order valence-electron chi connectivity index (χ2n) is 2.57. The molecular weight excluding hydrogens is 132 g/mol. The van der Waals surface area contributed by atoms with Gasteiger partial charge in [-0.25, -0.2) is 0 Å². The molecule has 1 N–H and O–H groups in total. The van der Waals surface area contributed by atoms with Gasteiger partial charge in [0.2, 0.25) is 0 Å². The van der Waals surface area contributed by atoms with Crippen LogP contribution in [0.1, 0.15) is 15.2 Å². The van der Waals surface area contributed by atoms with Gasteiger partial charge in [0.25, 0.3) is 0 Å². The summed E-state index contributed by atoms with van der Waals surface area (Å²) in [5.74, 6) is 0. The van der Waals surface area contributed by atoms with Gasteiger partial charge in [0.05, 0.1) is 12.2 Å². The molecule has 4 atom stereocenters. The van der Waals surface area contributed by atoms with Crippen LogP contribution in [-0.2, 0) is 9.47 Å². The highest BCUT2D eigenvalue weighted by Crippen LogP contribution is 2.22. The molecule has 3 nitrogen and oxygen atoms in total. The average Bonchev–Trinajstić information content (AvgIpc) is 2.26. The molecule has 1 rings (SSSR count). The topological polar surface area (TPSA) is 38.7 Å². The zero-order valence-electron chi connectivity index (χ0n) is 7.28. The third-order valence-corrected chi connectivity index (χ3v) is 1.84. The summed E-state index contributed by atoms with van der Waals surface area (Å²) in [6.45, 7) is 1.93. The van der Waals surface area contributed by atoms with Crippen molar-refractivity contribution in [3.63, 3.8) is 0 Å². The van der Waals surface area contributed by atoms with E-state index in [-0.39, 0.29) is 25.2 Å². The third kappa shape index (κ3) is 1.17. The van der Waals surface area contributed by atoms with Crippen molar-refractivity contribution >= 4 is 0 Å². The second-order valence-corrected chi connectivity index (χ2v) is 2.57. The molecule has 0 aromatic heterocycles. The lowest BCUT2D eigenvalue weighted by molar-refractivity contribution is -0.00365. The summed E-state index contributed by atoms with van der Waals surface area (Å²) in [6.07, 6.45) is -1.40. The summed E-state index contributed by atoms with van der Waals surface area (Å²) in [6, 6.07) is 0. The van der Waals surface area contributed by atoms with Crippen molar-refractivity contribution in [1.29, 1.82) is 0 Å². The minimum Gasteiger partial charge on any atom is -0.388 e. The molecule has 1 heterocycles. The van der Waals surface area contributed by atoms with E-state index in [0.29, 0.717) is 0 Å². The molecule has 0 aliphatic carbocycles. The molecule has 60 valence electrons. The molecule has 1 saturated heterocycles. The highest BCUT2D eigenvalue weighted by Gasteiger charge is 2.38. The summed E-state index contributed by atoms with van der Waals surface area (Å²) < 4.78 is 17.3. The first kappa shape index (κ1) is 6.58. The maximum absolute atomic E-state index is 9.45. The summed E-state index contributed by atoms with van der Waals surface area (Å²) in [4.78, 5) is 0. The van der Waals surface area contributed by atoms with Crippen molar-refractivity contribution in [3.8, 4) is 0 Å². The van der Waals surface area contributed by atoms with Crippen LogP contribution in [0.5, 0.6) is 0 Å². The van der Waals surface area contributed by atoms with Crippen LogP contribution in [0.15, 0.2) is 0 Å². The van der Waals surface area contributed by atoms with Crippen LogP contribution in [0.3, 0.4) is 0 Å². The standard InChI is InChI=1S/C7H14O3/c1-4-6(8)7(9-3)5(2)10-4/h4-8H,1-3H3/i1D. The number of methoxy groups -OCH3 is 1. The van der Waals surface area contributed by atoms with Gasteiger partial charge in [0.1, 0.15) is 12.2 Å². The van der Waals surface area contributed by atoms with Gasteiger partial charge in [-0.05, 0) is 13.8 Å². The Morgan fingerprint density at radius 3 is 2.60 bits per heavy atom. The predicted molar refractivity (Wildman–Crippen MR) is 36.8 cm³/mol. The van der Waals surface area contributed by atoms with Crippen LogP contribution in [0, 0.1) is 0 Å². The number of aliphatic hydroxyl groups is 1. The number of hydrogen-bond donors (Lipinski definition) is 1. The number of aliphatic hydroxyl groups excluding tert-OH is 1. The van der Waals surface area contributed by atoms with E-state index >= 15 is 0 Å². The molecule has 10 heavy (non-hydrogen) atoms. The maximum atomic E-state index is 9.45. The van der Waals surface area contributed by atoms with Crippen molar-refractivity contribution in [1.82, 2.24) is 0 Å². The molecule has 1 aliphatic heterocycles. The fourth-order valence-corrected chi connectivity index (χ4v) is 1.25. The quantitative estimate of drug-likeness (QED) is 0.574. The van der Waals surface area contributed by atoms with Gasteiger partial charge in [-0.2, -0.15) is 0 Å². The first-order valence-corrected chi connectivity index (χ1v) is 3.36. The van der Waals surface area contributed by atoms with E-state index in [1.54, 1.807) is 7.11 Å². The summed E-state index contributed by atoms with van der Waals surface area (Å²) in [5.41, 5.74) is 0. The van der Waals surface area contributed by atoms with E-state index in [0.717, 1.165) is 0 Å². The number of rotatable bonds is 1. The van der Waals surface area contributed by atoms with Crippen molar-refractivity contribution < 1.29 is 16.0 Å². The lowest BCUT2D eigenvalue weighted by atomic mass is 10.1. The molecule has 0 saturated carbocycles. The van der Waals surface area contributed by atoms with Crippen molar-refractivity contribution in [2.24, 2.45) is 0 Å². The van der Waals surface area contributed by atoms with Gasteiger partial charge >= 0.3 is 0 Å². The van der Waals surface area contributed by atoms with E-state index < -0.39 is 6.10 Å². The van der Waals surface area contributed by atoms with Crippen molar-refractivity contribution in [2.45, 2.75) is 38.2 Å². The minimum absolute atomic E-state index is 0.0887. The van der Waals surface area contributed by atoms with Gasteiger partial charge in [0, 0.05) is 8.48 Å². The Morgan fingerprint density at radius 1 is 1.60 bits per heavy atom. The molecule has 3 heteroatoms. The third-order valence-electron chi connectivity index (χ3n) is 1.84. The molecule has 0 radical (unpaired) electrons. The molecule has 0 amide bonds. The normalized spacial score (nSPS) is 49.3. The van der Waals surface area contributed by atoms with E-state index in [1.807, 2.05) is 6.92 Å². The lowest BCUT2D eigenvalue weighted by Crippen LogP contribution is -2.32. The van der Waals surface area contributed by atoms with Gasteiger partial charge < -0.3 is 14.6 Å². The Labute approximate surface area is 62.3 Å². The van der Waals surface area contributed by atoms with Crippen molar-refractivity contribution in [2.75, 3.05) is 7.11 Å². The maximum Gasteiger partial charge on any atom is 0.111 e. The first-order valence-electron chi connectivity index (χ1n) is 4.07. The molecular formula is C7H14O3. The fourth-order valence-electron chi connectivity index (χ4n) is 1.25. The Hall–Kier alpha value is -0.120. The Morgan fingerprint density at radius 2 is 2.30 bits per heavy atom. The summed E-state index contributed by atoms with van der Waals surface area (Å²) in [7, 11) is 1.54. The summed E-state index contributed by atoms with van der Waals surface area (Å²) >= 11 is 0. The zero-order valence-corrected chi connectivity index (χ0v) is 6.28. The highest BCUT2D eigenvalue weighted by molar-refractivity contribution is 4.86. The van der Waals surface area contributed by atoms with E-state index in [2.05, 4.69) is 0 Å². The average molecular weight is 147 g/mol. The van der Waals surface area contributed by atoms with Gasteiger partial charge in [-0.15, -0.1) is 0 Å². The molecule has 0 aromatic carbocycles. The van der Waals surface area contributed by atoms with Crippen LogP contribution >= 0.6 is 0 Å². The van der Waals surface area contributed by atoms with Gasteiger partial charge in [-0.1, -0.05) is 0 Å². The van der Waals surface area contributed by atoms with Gasteiger partial charge in [0.15, 0.2) is 0 Å². The zero-order chi connectivity index (χ0) is 8.43. The van der Waals surface area contributed by atoms with Crippen LogP contribution < -0.4 is 0 Å². The van der Waals surface area contributed by atoms with Crippen molar-refractivity contribution in [3.05, 3.63) is 0 Å². The second kappa shape index (κ2) is 2.86. The monoisotopic (exact) mass is 147 g/mol. The smallest absolute Gasteiger partial charge is 0.111 e. The molecule has 1 aliphatic rings. The molecule has 4 unspecified atom stereocenters. The molecule has 0 aromatic rings. The highest BCUT2D eigenvalue weighted by atomic mass is 16.6. The van der Waals surface area contributed by atoms with Gasteiger partial charge in [-0.3, -0.25) is 0 Å². The largest absolute Gasteiger partial charge is 0.388 e. The Bertz CT molecular complexity index is 131. The predicted octanol–water partition coefficient (Wildman–Crippen LogP) is 0.169. The number of ether oxygens (including phenoxy) is 2. The van der Waals surface area contributed by atoms with Crippen LogP contribution in [-0.4, -0.2) is 36.6 Å². The van der Waals surface area contributed by atoms with E-state index in [4.69, 9.17) is 10.8 Å². The minimum atomic E-state index is -0.646. The SMILES string of the molecule is [2H]CC1OC(C)C(OC)C1O. The molecule has 1 fully saturated rings. The summed E-state index contributed by atoms with van der Waals surface area (Å²) in [5, 5.41) is 9.45. The molecule has 0 spiro atoms. The Kier molecular flexibility index (Phi) is 1.88. The number of hydrogen-bond acceptors (Lipinski definition) is 3.